The Hall–Kier alpha value is 0.140. The van der Waals surface area contributed by atoms with Crippen molar-refractivity contribution >= 4 is 28.9 Å². The molecule has 0 N–H and O–H groups in total. The van der Waals surface area contributed by atoms with Gasteiger partial charge in [-0.05, 0) is 12.5 Å². The molecule has 0 rings (SSSR count). The lowest BCUT2D eigenvalue weighted by Crippen LogP contribution is -1.64. The van der Waals surface area contributed by atoms with Gasteiger partial charge >= 0.3 is 0 Å². The largest absolute Gasteiger partial charge is 0.299 e. The minimum absolute atomic E-state index is 0.798. The summed E-state index contributed by atoms with van der Waals surface area (Å²) in [6.45, 7) is 0. The molecular weight excluding hydrogens is 203 g/mol. The van der Waals surface area contributed by atoms with Crippen LogP contribution in [-0.4, -0.2) is 10.7 Å². The van der Waals surface area contributed by atoms with Gasteiger partial charge in [-0.3, -0.25) is 4.79 Å². The predicted octanol–water partition coefficient (Wildman–Crippen LogP) is 1.57. The molecule has 0 aliphatic rings. The molecule has 0 bridgehead atoms. The highest BCUT2D eigenvalue weighted by molar-refractivity contribution is 14.1. The summed E-state index contributed by atoms with van der Waals surface area (Å²) in [5, 5.41) is 0. The second kappa shape index (κ2) is 6.14. The Morgan fingerprint density at radius 2 is 2.29 bits per heavy atom. The quantitative estimate of drug-likeness (QED) is 0.299. The van der Waals surface area contributed by atoms with Crippen LogP contribution in [0.1, 0.15) is 6.42 Å². The summed E-state index contributed by atoms with van der Waals surface area (Å²) in [6, 6.07) is 0. The van der Waals surface area contributed by atoms with Crippen LogP contribution in [0.2, 0.25) is 0 Å². The lowest BCUT2D eigenvalue weighted by molar-refractivity contribution is -0.104. The van der Waals surface area contributed by atoms with Gasteiger partial charge in [0.05, 0.1) is 0 Å². The predicted molar refractivity (Wildman–Crippen MR) is 38.7 cm³/mol. The summed E-state index contributed by atoms with van der Waals surface area (Å²) in [4.78, 5) is 9.59. The molecule has 0 spiro atoms. The Bertz CT molecular complexity index is 68.5. The number of carbonyl (C=O) groups is 1. The van der Waals surface area contributed by atoms with Crippen LogP contribution in [0.5, 0.6) is 0 Å². The van der Waals surface area contributed by atoms with Gasteiger partial charge in [-0.2, -0.15) is 0 Å². The highest BCUT2D eigenvalue weighted by atomic mass is 127. The first kappa shape index (κ1) is 7.14. The fraction of sp³-hybridized carbons (Fsp3) is 0.400. The van der Waals surface area contributed by atoms with Gasteiger partial charge < -0.3 is 0 Å². The summed E-state index contributed by atoms with van der Waals surface area (Å²) < 4.78 is 1.09. The molecule has 0 aromatic heterocycles. The van der Waals surface area contributed by atoms with Crippen molar-refractivity contribution in [2.75, 3.05) is 4.43 Å². The molecule has 0 saturated carbocycles. The van der Waals surface area contributed by atoms with Gasteiger partial charge in [-0.25, -0.2) is 0 Å². The molecule has 0 heterocycles. The summed E-state index contributed by atoms with van der Waals surface area (Å²) in [5.74, 6) is 0. The minimum Gasteiger partial charge on any atom is -0.299 e. The molecule has 0 aromatic carbocycles. The number of hydrogen-bond donors (Lipinski definition) is 0. The minimum atomic E-state index is 0.798. The van der Waals surface area contributed by atoms with E-state index < -0.39 is 0 Å². The molecule has 2 heteroatoms. The monoisotopic (exact) mass is 210 g/mol. The van der Waals surface area contributed by atoms with E-state index in [9.17, 15) is 4.79 Å². The highest BCUT2D eigenvalue weighted by Crippen LogP contribution is 1.87. The van der Waals surface area contributed by atoms with Gasteiger partial charge in [0, 0.05) is 4.43 Å². The topological polar surface area (TPSA) is 17.1 Å². The molecule has 0 amide bonds. The van der Waals surface area contributed by atoms with Crippen LogP contribution in [0.25, 0.3) is 0 Å². The van der Waals surface area contributed by atoms with E-state index in [2.05, 4.69) is 22.6 Å². The van der Waals surface area contributed by atoms with Crippen molar-refractivity contribution in [1.82, 2.24) is 0 Å². The van der Waals surface area contributed by atoms with Crippen LogP contribution in [0.4, 0.5) is 0 Å². The normalized spacial score (nSPS) is 9.86. The first-order valence-electron chi connectivity index (χ1n) is 2.08. The van der Waals surface area contributed by atoms with Crippen LogP contribution in [-0.2, 0) is 4.79 Å². The van der Waals surface area contributed by atoms with Crippen LogP contribution >= 0.6 is 22.6 Å². The van der Waals surface area contributed by atoms with Gasteiger partial charge in [0.15, 0.2) is 0 Å². The van der Waals surface area contributed by atoms with Gasteiger partial charge in [0.2, 0.25) is 0 Å². The number of aldehydes is 1. The number of allylic oxidation sites excluding steroid dienone is 2. The number of rotatable bonds is 3. The first-order valence-corrected chi connectivity index (χ1v) is 3.60. The number of carbonyl (C=O) groups excluding carboxylic acids is 1. The Labute approximate surface area is 56.9 Å². The highest BCUT2D eigenvalue weighted by Gasteiger charge is 1.69. The van der Waals surface area contributed by atoms with Gasteiger partial charge in [-0.1, -0.05) is 28.7 Å². The van der Waals surface area contributed by atoms with Crippen LogP contribution in [0.15, 0.2) is 12.2 Å². The summed E-state index contributed by atoms with van der Waals surface area (Å²) >= 11 is 2.26. The van der Waals surface area contributed by atoms with Gasteiger partial charge in [0.1, 0.15) is 6.29 Å². The molecule has 0 fully saturated rings. The Balaban J connectivity index is 2.92. The lowest BCUT2D eigenvalue weighted by atomic mass is 10.4. The van der Waals surface area contributed by atoms with E-state index in [0.29, 0.717) is 0 Å². The average molecular weight is 210 g/mol. The van der Waals surface area contributed by atoms with Crippen molar-refractivity contribution in [1.29, 1.82) is 0 Å². The van der Waals surface area contributed by atoms with Crippen molar-refractivity contribution < 1.29 is 4.79 Å². The molecule has 0 unspecified atom stereocenters. The van der Waals surface area contributed by atoms with E-state index in [1.165, 1.54) is 6.08 Å². The zero-order chi connectivity index (χ0) is 5.54. The molecule has 0 aliphatic carbocycles. The fourth-order valence-electron chi connectivity index (χ4n) is 0.215. The number of halogens is 1. The van der Waals surface area contributed by atoms with Crippen LogP contribution in [0, 0.1) is 0 Å². The van der Waals surface area contributed by atoms with Crippen LogP contribution in [0.3, 0.4) is 0 Å². The Morgan fingerprint density at radius 3 is 2.71 bits per heavy atom. The number of hydrogen-bond acceptors (Lipinski definition) is 1. The maximum Gasteiger partial charge on any atom is 0.142 e. The lowest BCUT2D eigenvalue weighted by Gasteiger charge is -1.74. The Kier molecular flexibility index (Phi) is 6.26. The summed E-state index contributed by atoms with van der Waals surface area (Å²) in [6.07, 6.45) is 5.18. The fourth-order valence-corrected chi connectivity index (χ4v) is 0.574. The average Bonchev–Trinajstić information content (AvgIpc) is 1.69. The molecule has 40 valence electrons. The third-order valence-corrected chi connectivity index (χ3v) is 1.11. The molecule has 7 heavy (non-hydrogen) atoms. The molecule has 0 saturated heterocycles. The molecule has 0 atom stereocenters. The third-order valence-electron chi connectivity index (χ3n) is 0.490. The van der Waals surface area contributed by atoms with E-state index in [4.69, 9.17) is 0 Å². The standard InChI is InChI=1S/C5H7IO/c6-4-2-1-3-5-7/h1,3,5H,2,4H2/b3-1+. The second-order valence-electron chi connectivity index (χ2n) is 1.04. The zero-order valence-corrected chi connectivity index (χ0v) is 6.09. The van der Waals surface area contributed by atoms with E-state index in [1.807, 2.05) is 6.08 Å². The number of alkyl halides is 1. The van der Waals surface area contributed by atoms with Gasteiger partial charge in [0.25, 0.3) is 0 Å². The summed E-state index contributed by atoms with van der Waals surface area (Å²) in [7, 11) is 0. The molecular formula is C5H7IO. The second-order valence-corrected chi connectivity index (χ2v) is 2.12. The van der Waals surface area contributed by atoms with Crippen molar-refractivity contribution in [3.05, 3.63) is 12.2 Å². The molecule has 0 aliphatic heterocycles. The third kappa shape index (κ3) is 6.14. The molecule has 0 radical (unpaired) electrons. The zero-order valence-electron chi connectivity index (χ0n) is 3.93. The van der Waals surface area contributed by atoms with Gasteiger partial charge in [-0.15, -0.1) is 0 Å². The Morgan fingerprint density at radius 1 is 1.57 bits per heavy atom. The maximum absolute atomic E-state index is 9.59. The smallest absolute Gasteiger partial charge is 0.142 e. The summed E-state index contributed by atoms with van der Waals surface area (Å²) in [5.41, 5.74) is 0. The molecule has 1 nitrogen and oxygen atoms in total. The van der Waals surface area contributed by atoms with E-state index >= 15 is 0 Å². The van der Waals surface area contributed by atoms with Crippen molar-refractivity contribution in [2.24, 2.45) is 0 Å². The molecule has 0 aromatic rings. The van der Waals surface area contributed by atoms with E-state index in [0.717, 1.165) is 17.1 Å². The van der Waals surface area contributed by atoms with Crippen molar-refractivity contribution in [3.8, 4) is 0 Å². The van der Waals surface area contributed by atoms with E-state index in [-0.39, 0.29) is 0 Å². The van der Waals surface area contributed by atoms with Crippen molar-refractivity contribution in [2.45, 2.75) is 6.42 Å². The van der Waals surface area contributed by atoms with Crippen LogP contribution < -0.4 is 0 Å². The first-order chi connectivity index (χ1) is 3.41. The SMILES string of the molecule is O=C/C=C/CCI. The van der Waals surface area contributed by atoms with Crippen molar-refractivity contribution in [3.63, 3.8) is 0 Å². The van der Waals surface area contributed by atoms with E-state index in [1.54, 1.807) is 0 Å². The maximum atomic E-state index is 9.59.